The number of rotatable bonds is 6. The minimum absolute atomic E-state index is 0.168. The number of nitrogens with zero attached hydrogens (tertiary/aromatic N) is 2. The molecule has 1 heterocycles. The maximum Gasteiger partial charge on any atom is 0.342 e. The second-order valence-electron chi connectivity index (χ2n) is 5.79. The predicted molar refractivity (Wildman–Crippen MR) is 99.9 cm³/mol. The lowest BCUT2D eigenvalue weighted by molar-refractivity contribution is -0.123. The predicted octanol–water partition coefficient (Wildman–Crippen LogP) is 2.59. The fourth-order valence-corrected chi connectivity index (χ4v) is 2.51. The number of methoxy groups -OCH3 is 1. The molecular formula is C20H18FN3O4. The molecule has 1 N–H and O–H groups in total. The summed E-state index contributed by atoms with van der Waals surface area (Å²) in [5, 5.41) is 6.84. The number of amides is 1. The Morgan fingerprint density at radius 2 is 1.93 bits per heavy atom. The summed E-state index contributed by atoms with van der Waals surface area (Å²) in [7, 11) is 2.99. The smallest absolute Gasteiger partial charge is 0.342 e. The molecular weight excluding hydrogens is 365 g/mol. The Morgan fingerprint density at radius 3 is 2.61 bits per heavy atom. The zero-order valence-corrected chi connectivity index (χ0v) is 15.3. The maximum absolute atomic E-state index is 13.2. The van der Waals surface area contributed by atoms with Crippen molar-refractivity contribution in [2.75, 3.05) is 20.8 Å². The number of carbonyl (C=O) groups excluding carboxylic acids is 2. The monoisotopic (exact) mass is 383 g/mol. The molecule has 1 amide bonds. The number of halogens is 1. The number of likely N-dealkylation sites (N-methyl/N-ethyl adjacent to an activating group) is 1. The molecule has 0 saturated carbocycles. The van der Waals surface area contributed by atoms with E-state index < -0.39 is 18.5 Å². The number of ether oxygens (including phenoxy) is 2. The second kappa shape index (κ2) is 8.34. The Labute approximate surface area is 160 Å². The van der Waals surface area contributed by atoms with Crippen molar-refractivity contribution in [2.45, 2.75) is 0 Å². The molecule has 0 fully saturated rings. The number of esters is 1. The average Bonchev–Trinajstić information content (AvgIpc) is 3.17. The van der Waals surface area contributed by atoms with Crippen LogP contribution in [0, 0.1) is 5.82 Å². The highest BCUT2D eigenvalue weighted by molar-refractivity contribution is 5.97. The highest BCUT2D eigenvalue weighted by Gasteiger charge is 2.21. The number of hydrogen-bond donors (Lipinski definition) is 1. The molecule has 3 aromatic rings. The molecule has 0 saturated heterocycles. The highest BCUT2D eigenvalue weighted by Crippen LogP contribution is 2.27. The van der Waals surface area contributed by atoms with Gasteiger partial charge in [-0.2, -0.15) is 5.10 Å². The number of hydrogen-bond acceptors (Lipinski definition) is 5. The van der Waals surface area contributed by atoms with Gasteiger partial charge >= 0.3 is 5.97 Å². The van der Waals surface area contributed by atoms with E-state index >= 15 is 0 Å². The SMILES string of the molecule is CNC(=O)COC(=O)c1cn(-c2ccc(F)cc2)nc1-c1cccc(OC)c1. The number of benzene rings is 2. The molecule has 0 aliphatic heterocycles. The van der Waals surface area contributed by atoms with Gasteiger partial charge in [0.2, 0.25) is 0 Å². The number of carbonyl (C=O) groups is 2. The van der Waals surface area contributed by atoms with E-state index in [1.165, 1.54) is 49.3 Å². The van der Waals surface area contributed by atoms with Crippen molar-refractivity contribution in [3.8, 4) is 22.7 Å². The van der Waals surface area contributed by atoms with Crippen LogP contribution in [0.1, 0.15) is 10.4 Å². The van der Waals surface area contributed by atoms with Crippen LogP contribution in [0.4, 0.5) is 4.39 Å². The van der Waals surface area contributed by atoms with Gasteiger partial charge in [0.25, 0.3) is 5.91 Å². The highest BCUT2D eigenvalue weighted by atomic mass is 19.1. The first-order chi connectivity index (χ1) is 13.5. The molecule has 0 aliphatic rings. The first-order valence-electron chi connectivity index (χ1n) is 8.39. The van der Waals surface area contributed by atoms with Gasteiger partial charge in [0.05, 0.1) is 12.8 Å². The summed E-state index contributed by atoms with van der Waals surface area (Å²) >= 11 is 0. The maximum atomic E-state index is 13.2. The average molecular weight is 383 g/mol. The zero-order valence-electron chi connectivity index (χ0n) is 15.3. The van der Waals surface area contributed by atoms with Crippen LogP contribution in [0.5, 0.6) is 5.75 Å². The molecule has 3 rings (SSSR count). The Kier molecular flexibility index (Phi) is 5.69. The van der Waals surface area contributed by atoms with E-state index in [1.807, 2.05) is 0 Å². The summed E-state index contributed by atoms with van der Waals surface area (Å²) in [4.78, 5) is 23.9. The van der Waals surface area contributed by atoms with Gasteiger partial charge in [0.15, 0.2) is 6.61 Å². The molecule has 0 spiro atoms. The summed E-state index contributed by atoms with van der Waals surface area (Å²) < 4.78 is 25.0. The summed E-state index contributed by atoms with van der Waals surface area (Å²) in [5.41, 5.74) is 1.72. The Balaban J connectivity index is 2.03. The normalized spacial score (nSPS) is 10.4. The Hall–Kier alpha value is -3.68. The molecule has 0 aliphatic carbocycles. The van der Waals surface area contributed by atoms with Gasteiger partial charge in [-0.1, -0.05) is 12.1 Å². The molecule has 28 heavy (non-hydrogen) atoms. The fourth-order valence-electron chi connectivity index (χ4n) is 2.51. The molecule has 144 valence electrons. The van der Waals surface area contributed by atoms with Gasteiger partial charge in [-0.25, -0.2) is 13.9 Å². The van der Waals surface area contributed by atoms with Crippen LogP contribution in [0.15, 0.2) is 54.7 Å². The lowest BCUT2D eigenvalue weighted by Crippen LogP contribution is -2.25. The molecule has 0 atom stereocenters. The third-order valence-electron chi connectivity index (χ3n) is 3.98. The van der Waals surface area contributed by atoms with Gasteiger partial charge in [0.1, 0.15) is 22.8 Å². The van der Waals surface area contributed by atoms with Crippen molar-refractivity contribution in [2.24, 2.45) is 0 Å². The Bertz CT molecular complexity index is 999. The quantitative estimate of drug-likeness (QED) is 0.662. The molecule has 0 bridgehead atoms. The summed E-state index contributed by atoms with van der Waals surface area (Å²) in [5.74, 6) is -0.912. The van der Waals surface area contributed by atoms with E-state index in [2.05, 4.69) is 10.4 Å². The van der Waals surface area contributed by atoms with Gasteiger partial charge in [-0.05, 0) is 36.4 Å². The minimum atomic E-state index is -0.699. The first-order valence-corrected chi connectivity index (χ1v) is 8.39. The van der Waals surface area contributed by atoms with Crippen molar-refractivity contribution in [3.05, 3.63) is 66.1 Å². The molecule has 2 aromatic carbocycles. The third kappa shape index (κ3) is 4.17. The van der Waals surface area contributed by atoms with Crippen LogP contribution in [-0.2, 0) is 9.53 Å². The van der Waals surface area contributed by atoms with Gasteiger partial charge in [-0.3, -0.25) is 4.79 Å². The lowest BCUT2D eigenvalue weighted by Gasteiger charge is -2.05. The standard InChI is InChI=1S/C20H18FN3O4/c1-22-18(25)12-28-20(26)17-11-24(15-8-6-14(21)7-9-15)23-19(17)13-4-3-5-16(10-13)27-2/h3-11H,12H2,1-2H3,(H,22,25). The van der Waals surface area contributed by atoms with Gasteiger partial charge in [0, 0.05) is 18.8 Å². The van der Waals surface area contributed by atoms with E-state index in [4.69, 9.17) is 9.47 Å². The van der Waals surface area contributed by atoms with Crippen LogP contribution >= 0.6 is 0 Å². The lowest BCUT2D eigenvalue weighted by atomic mass is 10.1. The van der Waals surface area contributed by atoms with Crippen LogP contribution in [0.25, 0.3) is 16.9 Å². The van der Waals surface area contributed by atoms with Crippen LogP contribution in [-0.4, -0.2) is 42.4 Å². The summed E-state index contributed by atoms with van der Waals surface area (Å²) in [6, 6.07) is 12.7. The van der Waals surface area contributed by atoms with Crippen molar-refractivity contribution in [1.82, 2.24) is 15.1 Å². The van der Waals surface area contributed by atoms with Crippen molar-refractivity contribution in [3.63, 3.8) is 0 Å². The van der Waals surface area contributed by atoms with Gasteiger partial charge < -0.3 is 14.8 Å². The van der Waals surface area contributed by atoms with Gasteiger partial charge in [-0.15, -0.1) is 0 Å². The van der Waals surface area contributed by atoms with E-state index in [0.717, 1.165) is 0 Å². The van der Waals surface area contributed by atoms with E-state index in [1.54, 1.807) is 24.3 Å². The summed E-state index contributed by atoms with van der Waals surface area (Å²) in [6.07, 6.45) is 1.48. The van der Waals surface area contributed by atoms with Crippen molar-refractivity contribution in [1.29, 1.82) is 0 Å². The fraction of sp³-hybridized carbons (Fsp3) is 0.150. The van der Waals surface area contributed by atoms with Crippen molar-refractivity contribution < 1.29 is 23.5 Å². The molecule has 7 nitrogen and oxygen atoms in total. The largest absolute Gasteiger partial charge is 0.497 e. The Morgan fingerprint density at radius 1 is 1.18 bits per heavy atom. The summed E-state index contributed by atoms with van der Waals surface area (Å²) in [6.45, 7) is -0.408. The molecule has 1 aromatic heterocycles. The van der Waals surface area contributed by atoms with Crippen LogP contribution in [0.2, 0.25) is 0 Å². The molecule has 0 unspecified atom stereocenters. The van der Waals surface area contributed by atoms with E-state index in [0.29, 0.717) is 22.7 Å². The van der Waals surface area contributed by atoms with E-state index in [-0.39, 0.29) is 11.4 Å². The van der Waals surface area contributed by atoms with Crippen LogP contribution in [0.3, 0.4) is 0 Å². The topological polar surface area (TPSA) is 82.5 Å². The van der Waals surface area contributed by atoms with E-state index in [9.17, 15) is 14.0 Å². The third-order valence-corrected chi connectivity index (χ3v) is 3.98. The second-order valence-corrected chi connectivity index (χ2v) is 5.79. The van der Waals surface area contributed by atoms with Crippen molar-refractivity contribution >= 4 is 11.9 Å². The van der Waals surface area contributed by atoms with Crippen LogP contribution < -0.4 is 10.1 Å². The number of nitrogens with one attached hydrogen (secondary N) is 1. The zero-order chi connectivity index (χ0) is 20.1. The minimum Gasteiger partial charge on any atom is -0.497 e. The molecule has 8 heteroatoms. The number of aromatic nitrogens is 2. The first kappa shape index (κ1) is 19.1. The molecule has 0 radical (unpaired) electrons.